The molecule has 2 aliphatic rings. The number of amides is 1. The summed E-state index contributed by atoms with van der Waals surface area (Å²) in [5, 5.41) is 19.3. The molecular formula is C21H24N6O2. The lowest BCUT2D eigenvalue weighted by molar-refractivity contribution is -0.131. The van der Waals surface area contributed by atoms with E-state index < -0.39 is 6.10 Å². The Labute approximate surface area is 168 Å². The Morgan fingerprint density at radius 3 is 2.79 bits per heavy atom. The van der Waals surface area contributed by atoms with Crippen LogP contribution in [0.15, 0.2) is 49.1 Å². The molecule has 8 nitrogen and oxygen atoms in total. The zero-order chi connectivity index (χ0) is 19.8. The summed E-state index contributed by atoms with van der Waals surface area (Å²) in [6.07, 6.45) is 7.78. The number of hydrogen-bond donors (Lipinski definition) is 2. The second kappa shape index (κ2) is 7.44. The summed E-state index contributed by atoms with van der Waals surface area (Å²) in [5.41, 5.74) is 0.973. The molecular weight excluding hydrogens is 368 g/mol. The monoisotopic (exact) mass is 392 g/mol. The van der Waals surface area contributed by atoms with E-state index in [0.29, 0.717) is 30.6 Å². The highest BCUT2D eigenvalue weighted by atomic mass is 16.3. The summed E-state index contributed by atoms with van der Waals surface area (Å²) in [4.78, 5) is 23.2. The quantitative estimate of drug-likeness (QED) is 0.699. The van der Waals surface area contributed by atoms with Crippen LogP contribution >= 0.6 is 0 Å². The van der Waals surface area contributed by atoms with Gasteiger partial charge in [-0.3, -0.25) is 14.5 Å². The van der Waals surface area contributed by atoms with Gasteiger partial charge in [-0.15, -0.1) is 0 Å². The van der Waals surface area contributed by atoms with Gasteiger partial charge in [-0.05, 0) is 30.7 Å². The third-order valence-corrected chi connectivity index (χ3v) is 6.23. The van der Waals surface area contributed by atoms with Crippen molar-refractivity contribution in [2.75, 3.05) is 18.4 Å². The fourth-order valence-corrected chi connectivity index (χ4v) is 4.73. The first kappa shape index (κ1) is 18.1. The Balaban J connectivity index is 1.24. The van der Waals surface area contributed by atoms with Gasteiger partial charge in [0.25, 0.3) is 0 Å². The largest absolute Gasteiger partial charge is 0.391 e. The molecule has 1 aliphatic carbocycles. The SMILES string of the molecule is O=C(Cn1ncc2ccccc21)N1C[C@H]2C[C@@H](Nc3cnccn3)[C@H](O)C[C@H]2C1. The van der Waals surface area contributed by atoms with E-state index in [0.717, 1.165) is 23.9 Å². The van der Waals surface area contributed by atoms with Crippen LogP contribution in [0.2, 0.25) is 0 Å². The van der Waals surface area contributed by atoms with Crippen LogP contribution < -0.4 is 5.32 Å². The second-order valence-electron chi connectivity index (χ2n) is 8.06. The van der Waals surface area contributed by atoms with Crippen molar-refractivity contribution in [3.63, 3.8) is 0 Å². The summed E-state index contributed by atoms with van der Waals surface area (Å²) < 4.78 is 1.77. The summed E-state index contributed by atoms with van der Waals surface area (Å²) >= 11 is 0. The Hall–Kier alpha value is -3.00. The van der Waals surface area contributed by atoms with E-state index in [1.807, 2.05) is 29.2 Å². The van der Waals surface area contributed by atoms with Crippen LogP contribution in [-0.4, -0.2) is 60.9 Å². The van der Waals surface area contributed by atoms with Gasteiger partial charge < -0.3 is 15.3 Å². The molecule has 2 aromatic heterocycles. The molecule has 150 valence electrons. The van der Waals surface area contributed by atoms with E-state index in [9.17, 15) is 9.90 Å². The molecule has 5 rings (SSSR count). The lowest BCUT2D eigenvalue weighted by Gasteiger charge is -2.35. The number of nitrogens with one attached hydrogen (secondary N) is 1. The minimum atomic E-state index is -0.455. The normalized spacial score (nSPS) is 26.4. The average Bonchev–Trinajstić information content (AvgIpc) is 3.33. The number of carbonyl (C=O) groups excluding carboxylic acids is 1. The van der Waals surface area contributed by atoms with Crippen LogP contribution in [0.4, 0.5) is 5.82 Å². The Kier molecular flexibility index (Phi) is 4.63. The van der Waals surface area contributed by atoms with Gasteiger partial charge in [0.15, 0.2) is 0 Å². The van der Waals surface area contributed by atoms with Gasteiger partial charge >= 0.3 is 0 Å². The van der Waals surface area contributed by atoms with E-state index in [2.05, 4.69) is 20.4 Å². The number of aliphatic hydroxyl groups is 1. The number of aromatic nitrogens is 4. The van der Waals surface area contributed by atoms with E-state index in [1.165, 1.54) is 0 Å². The number of benzene rings is 1. The van der Waals surface area contributed by atoms with Gasteiger partial charge in [0, 0.05) is 30.9 Å². The maximum atomic E-state index is 12.9. The summed E-state index contributed by atoms with van der Waals surface area (Å²) in [5.74, 6) is 1.47. The minimum Gasteiger partial charge on any atom is -0.391 e. The smallest absolute Gasteiger partial charge is 0.244 e. The predicted octanol–water partition coefficient (Wildman–Crippen LogP) is 1.54. The van der Waals surface area contributed by atoms with Crippen molar-refractivity contribution < 1.29 is 9.90 Å². The predicted molar refractivity (Wildman–Crippen MR) is 108 cm³/mol. The zero-order valence-electron chi connectivity index (χ0n) is 16.1. The molecule has 2 N–H and O–H groups in total. The molecule has 0 spiro atoms. The van der Waals surface area contributed by atoms with Crippen molar-refractivity contribution in [2.45, 2.75) is 31.5 Å². The molecule has 3 aromatic rings. The van der Waals surface area contributed by atoms with Gasteiger partial charge in [-0.2, -0.15) is 5.10 Å². The van der Waals surface area contributed by atoms with Gasteiger partial charge in [-0.25, -0.2) is 4.98 Å². The molecule has 1 aromatic carbocycles. The summed E-state index contributed by atoms with van der Waals surface area (Å²) in [6.45, 7) is 1.68. The van der Waals surface area contributed by atoms with E-state index in [-0.39, 0.29) is 18.5 Å². The molecule has 1 amide bonds. The summed E-state index contributed by atoms with van der Waals surface area (Å²) in [7, 11) is 0. The third kappa shape index (κ3) is 3.55. The maximum absolute atomic E-state index is 12.9. The van der Waals surface area contributed by atoms with E-state index >= 15 is 0 Å². The highest BCUT2D eigenvalue weighted by molar-refractivity contribution is 5.82. The molecule has 4 atom stereocenters. The van der Waals surface area contributed by atoms with Gasteiger partial charge in [0.05, 0.1) is 30.1 Å². The highest BCUT2D eigenvalue weighted by Gasteiger charge is 2.43. The number of para-hydroxylation sites is 1. The molecule has 0 unspecified atom stereocenters. The number of likely N-dealkylation sites (tertiary alicyclic amines) is 1. The summed E-state index contributed by atoms with van der Waals surface area (Å²) in [6, 6.07) is 7.84. The molecule has 3 heterocycles. The Bertz CT molecular complexity index is 1010. The fourth-order valence-electron chi connectivity index (χ4n) is 4.73. The lowest BCUT2D eigenvalue weighted by Crippen LogP contribution is -2.43. The highest BCUT2D eigenvalue weighted by Crippen LogP contribution is 2.37. The second-order valence-corrected chi connectivity index (χ2v) is 8.06. The van der Waals surface area contributed by atoms with Gasteiger partial charge in [0.1, 0.15) is 12.4 Å². The van der Waals surface area contributed by atoms with E-state index in [4.69, 9.17) is 0 Å². The van der Waals surface area contributed by atoms with Crippen LogP contribution in [-0.2, 0) is 11.3 Å². The first-order chi connectivity index (χ1) is 14.2. The first-order valence-corrected chi connectivity index (χ1v) is 10.1. The average molecular weight is 392 g/mol. The molecule has 1 aliphatic heterocycles. The van der Waals surface area contributed by atoms with E-state index in [1.54, 1.807) is 29.5 Å². The number of anilines is 1. The number of nitrogens with zero attached hydrogens (tertiary/aromatic N) is 5. The van der Waals surface area contributed by atoms with Crippen molar-refractivity contribution in [3.05, 3.63) is 49.1 Å². The van der Waals surface area contributed by atoms with Crippen LogP contribution in [0, 0.1) is 11.8 Å². The van der Waals surface area contributed by atoms with Crippen LogP contribution in [0.25, 0.3) is 10.9 Å². The third-order valence-electron chi connectivity index (χ3n) is 6.23. The van der Waals surface area contributed by atoms with Crippen molar-refractivity contribution in [2.24, 2.45) is 11.8 Å². The van der Waals surface area contributed by atoms with Gasteiger partial charge in [-0.1, -0.05) is 18.2 Å². The zero-order valence-corrected chi connectivity index (χ0v) is 16.1. The topological polar surface area (TPSA) is 96.2 Å². The fraction of sp³-hybridized carbons (Fsp3) is 0.429. The van der Waals surface area contributed by atoms with Crippen molar-refractivity contribution in [3.8, 4) is 0 Å². The lowest BCUT2D eigenvalue weighted by atomic mass is 9.77. The molecule has 1 saturated carbocycles. The minimum absolute atomic E-state index is 0.0712. The van der Waals surface area contributed by atoms with Crippen LogP contribution in [0.1, 0.15) is 12.8 Å². The standard InChI is InChI=1S/C21H24N6O2/c28-19-8-16-12-26(11-15(16)7-17(19)25-20-10-22-5-6-23-20)21(29)13-27-18-4-2-1-3-14(18)9-24-27/h1-6,9-10,15-17,19,28H,7-8,11-13H2,(H,23,25)/t15-,16+,17-,19-/m1/s1. The number of fused-ring (bicyclic) bond motifs is 2. The van der Waals surface area contributed by atoms with Crippen molar-refractivity contribution in [1.82, 2.24) is 24.6 Å². The molecule has 1 saturated heterocycles. The molecule has 0 bridgehead atoms. The van der Waals surface area contributed by atoms with Crippen LogP contribution in [0.5, 0.6) is 0 Å². The molecule has 2 fully saturated rings. The molecule has 29 heavy (non-hydrogen) atoms. The number of aliphatic hydroxyl groups excluding tert-OH is 1. The number of hydrogen-bond acceptors (Lipinski definition) is 6. The van der Waals surface area contributed by atoms with Crippen molar-refractivity contribution in [1.29, 1.82) is 0 Å². The Morgan fingerprint density at radius 2 is 1.97 bits per heavy atom. The number of carbonyl (C=O) groups is 1. The molecule has 0 radical (unpaired) electrons. The van der Waals surface area contributed by atoms with Crippen molar-refractivity contribution >= 4 is 22.6 Å². The maximum Gasteiger partial charge on any atom is 0.244 e. The number of rotatable bonds is 4. The van der Waals surface area contributed by atoms with Gasteiger partial charge in [0.2, 0.25) is 5.91 Å². The van der Waals surface area contributed by atoms with Crippen LogP contribution in [0.3, 0.4) is 0 Å². The Morgan fingerprint density at radius 1 is 1.14 bits per heavy atom. The first-order valence-electron chi connectivity index (χ1n) is 10.1. The molecule has 8 heteroatoms.